The molecular formula is C25H26N2O2S. The van der Waals surface area contributed by atoms with E-state index >= 15 is 0 Å². The van der Waals surface area contributed by atoms with E-state index in [0.29, 0.717) is 4.90 Å². The van der Waals surface area contributed by atoms with Crippen LogP contribution in [-0.2, 0) is 16.4 Å². The number of benzene rings is 3. The number of hydrogen-bond acceptors (Lipinski definition) is 3. The molecule has 0 bridgehead atoms. The third-order valence-electron chi connectivity index (χ3n) is 5.38. The number of nitrogens with zero attached hydrogens (tertiary/aromatic N) is 2. The Balaban J connectivity index is 1.91. The molecule has 0 saturated carbocycles. The minimum Gasteiger partial charge on any atom is -0.309 e. The molecule has 154 valence electrons. The molecule has 1 heterocycles. The monoisotopic (exact) mass is 418 g/mol. The van der Waals surface area contributed by atoms with Crippen molar-refractivity contribution in [1.29, 1.82) is 0 Å². The van der Waals surface area contributed by atoms with E-state index in [0.717, 1.165) is 29.0 Å². The smallest absolute Gasteiger partial charge is 0.175 e. The molecule has 0 saturated heterocycles. The van der Waals surface area contributed by atoms with Gasteiger partial charge in [-0.3, -0.25) is 0 Å². The third-order valence-corrected chi connectivity index (χ3v) is 6.51. The van der Waals surface area contributed by atoms with Gasteiger partial charge in [-0.1, -0.05) is 42.5 Å². The second-order valence-electron chi connectivity index (χ2n) is 8.03. The van der Waals surface area contributed by atoms with Crippen LogP contribution in [0.4, 0.5) is 0 Å². The van der Waals surface area contributed by atoms with Crippen molar-refractivity contribution < 1.29 is 8.42 Å². The summed E-state index contributed by atoms with van der Waals surface area (Å²) >= 11 is 0. The molecule has 0 aliphatic carbocycles. The number of rotatable bonds is 5. The number of para-hydroxylation sites is 1. The van der Waals surface area contributed by atoms with E-state index in [-0.39, 0.29) is 0 Å². The van der Waals surface area contributed by atoms with Crippen molar-refractivity contribution in [2.24, 2.45) is 0 Å². The first-order chi connectivity index (χ1) is 14.3. The zero-order valence-electron chi connectivity index (χ0n) is 17.8. The highest BCUT2D eigenvalue weighted by Crippen LogP contribution is 2.36. The highest BCUT2D eigenvalue weighted by atomic mass is 32.2. The molecule has 0 aliphatic heterocycles. The van der Waals surface area contributed by atoms with E-state index in [9.17, 15) is 8.42 Å². The summed E-state index contributed by atoms with van der Waals surface area (Å²) in [6.07, 6.45) is 1.24. The molecule has 4 aromatic rings. The zero-order chi connectivity index (χ0) is 21.5. The van der Waals surface area contributed by atoms with Crippen LogP contribution >= 0.6 is 0 Å². The summed E-state index contributed by atoms with van der Waals surface area (Å²) in [5.41, 5.74) is 6.73. The van der Waals surface area contributed by atoms with Crippen LogP contribution in [0.5, 0.6) is 0 Å². The lowest BCUT2D eigenvalue weighted by Gasteiger charge is -2.14. The molecule has 0 spiro atoms. The largest absolute Gasteiger partial charge is 0.309 e. The average Bonchev–Trinajstić information content (AvgIpc) is 3.00. The van der Waals surface area contributed by atoms with Crippen LogP contribution < -0.4 is 0 Å². The Morgan fingerprint density at radius 3 is 2.10 bits per heavy atom. The van der Waals surface area contributed by atoms with Gasteiger partial charge in [-0.05, 0) is 68.0 Å². The molecule has 4 nitrogen and oxygen atoms in total. The molecule has 0 radical (unpaired) electrons. The van der Waals surface area contributed by atoms with Gasteiger partial charge in [0.05, 0.1) is 16.1 Å². The summed E-state index contributed by atoms with van der Waals surface area (Å²) in [5.74, 6) is 0. The van der Waals surface area contributed by atoms with Crippen molar-refractivity contribution >= 4 is 20.7 Å². The summed E-state index contributed by atoms with van der Waals surface area (Å²) in [4.78, 5) is 2.48. The van der Waals surface area contributed by atoms with Crippen LogP contribution in [0.25, 0.3) is 27.8 Å². The molecule has 0 fully saturated rings. The molecule has 3 aromatic carbocycles. The van der Waals surface area contributed by atoms with E-state index < -0.39 is 9.84 Å². The van der Waals surface area contributed by atoms with Crippen molar-refractivity contribution in [3.63, 3.8) is 0 Å². The summed E-state index contributed by atoms with van der Waals surface area (Å²) in [5, 5.41) is 1.19. The van der Waals surface area contributed by atoms with Crippen LogP contribution in [0.2, 0.25) is 0 Å². The summed E-state index contributed by atoms with van der Waals surface area (Å²) in [7, 11) is 0.905. The van der Waals surface area contributed by atoms with E-state index in [4.69, 9.17) is 0 Å². The summed E-state index contributed by atoms with van der Waals surface area (Å²) in [6.45, 7) is 3.02. The lowest BCUT2D eigenvalue weighted by molar-refractivity contribution is 0.402. The Hall–Kier alpha value is -2.89. The second kappa shape index (κ2) is 7.74. The van der Waals surface area contributed by atoms with Crippen molar-refractivity contribution in [1.82, 2.24) is 9.47 Å². The number of sulfone groups is 1. The number of aryl methyl sites for hydroxylation is 1. The van der Waals surface area contributed by atoms with E-state index in [1.165, 1.54) is 22.8 Å². The Morgan fingerprint density at radius 2 is 1.50 bits per heavy atom. The molecular weight excluding hydrogens is 392 g/mol. The highest BCUT2D eigenvalue weighted by molar-refractivity contribution is 7.90. The average molecular weight is 419 g/mol. The van der Waals surface area contributed by atoms with Crippen molar-refractivity contribution in [2.75, 3.05) is 20.4 Å². The molecule has 0 N–H and O–H groups in total. The maximum Gasteiger partial charge on any atom is 0.175 e. The topological polar surface area (TPSA) is 42.3 Å². The lowest BCUT2D eigenvalue weighted by Crippen LogP contribution is -2.10. The van der Waals surface area contributed by atoms with Gasteiger partial charge >= 0.3 is 0 Å². The van der Waals surface area contributed by atoms with Crippen LogP contribution in [0.1, 0.15) is 11.1 Å². The van der Waals surface area contributed by atoms with Gasteiger partial charge < -0.3 is 9.47 Å². The predicted octanol–water partition coefficient (Wildman–Crippen LogP) is 5.07. The molecule has 0 atom stereocenters. The molecule has 1 aromatic heterocycles. The van der Waals surface area contributed by atoms with Gasteiger partial charge in [0, 0.05) is 23.9 Å². The van der Waals surface area contributed by atoms with Crippen LogP contribution in [0.3, 0.4) is 0 Å². The normalized spacial score (nSPS) is 12.0. The van der Waals surface area contributed by atoms with Gasteiger partial charge in [0.15, 0.2) is 9.84 Å². The Bertz CT molecular complexity index is 1300. The Kier molecular flexibility index (Phi) is 5.26. The van der Waals surface area contributed by atoms with E-state index in [1.807, 2.05) is 12.1 Å². The van der Waals surface area contributed by atoms with Crippen LogP contribution in [0.15, 0.2) is 77.7 Å². The van der Waals surface area contributed by atoms with E-state index in [2.05, 4.69) is 79.0 Å². The fraction of sp³-hybridized carbons (Fsp3) is 0.200. The molecule has 0 aliphatic rings. The molecule has 0 amide bonds. The SMILES string of the molecule is Cc1c(-c2ccc(S(C)(=O)=O)cc2)n(-c2ccc(CN(C)C)cc2)c2ccccc12. The fourth-order valence-electron chi connectivity index (χ4n) is 3.99. The van der Waals surface area contributed by atoms with Gasteiger partial charge in [-0.15, -0.1) is 0 Å². The highest BCUT2D eigenvalue weighted by Gasteiger charge is 2.17. The lowest BCUT2D eigenvalue weighted by atomic mass is 10.1. The van der Waals surface area contributed by atoms with Crippen molar-refractivity contribution in [3.05, 3.63) is 83.9 Å². The molecule has 30 heavy (non-hydrogen) atoms. The van der Waals surface area contributed by atoms with Crippen LogP contribution in [0, 0.1) is 6.92 Å². The maximum atomic E-state index is 11.9. The quantitative estimate of drug-likeness (QED) is 0.454. The van der Waals surface area contributed by atoms with Gasteiger partial charge in [-0.25, -0.2) is 8.42 Å². The first-order valence-electron chi connectivity index (χ1n) is 9.90. The van der Waals surface area contributed by atoms with E-state index in [1.54, 1.807) is 12.1 Å². The van der Waals surface area contributed by atoms with Gasteiger partial charge in [0.1, 0.15) is 0 Å². The third kappa shape index (κ3) is 3.78. The van der Waals surface area contributed by atoms with Crippen molar-refractivity contribution in [3.8, 4) is 16.9 Å². The number of hydrogen-bond donors (Lipinski definition) is 0. The van der Waals surface area contributed by atoms with Gasteiger partial charge in [-0.2, -0.15) is 0 Å². The fourth-order valence-corrected chi connectivity index (χ4v) is 4.62. The minimum atomic E-state index is -3.22. The van der Waals surface area contributed by atoms with Crippen LogP contribution in [-0.4, -0.2) is 38.2 Å². The van der Waals surface area contributed by atoms with Gasteiger partial charge in [0.2, 0.25) is 0 Å². The Morgan fingerprint density at radius 1 is 0.867 bits per heavy atom. The summed E-state index contributed by atoms with van der Waals surface area (Å²) < 4.78 is 26.0. The maximum absolute atomic E-state index is 11.9. The first kappa shape index (κ1) is 20.4. The Labute approximate surface area is 178 Å². The molecule has 4 rings (SSSR count). The van der Waals surface area contributed by atoms with Gasteiger partial charge in [0.25, 0.3) is 0 Å². The second-order valence-corrected chi connectivity index (χ2v) is 10.0. The summed E-state index contributed by atoms with van der Waals surface area (Å²) in [6, 6.07) is 24.2. The number of fused-ring (bicyclic) bond motifs is 1. The zero-order valence-corrected chi connectivity index (χ0v) is 18.6. The predicted molar refractivity (Wildman–Crippen MR) is 124 cm³/mol. The standard InChI is InChI=1S/C25H26N2O2S/c1-18-23-7-5-6-8-24(23)27(21-13-9-19(10-14-21)17-26(2)3)25(18)20-11-15-22(16-12-20)30(4,28)29/h5-16H,17H2,1-4H3. The number of aromatic nitrogens is 1. The first-order valence-corrected chi connectivity index (χ1v) is 11.8. The molecule has 5 heteroatoms. The van der Waals surface area contributed by atoms with Crippen molar-refractivity contribution in [2.45, 2.75) is 18.4 Å². The molecule has 0 unspecified atom stereocenters. The minimum absolute atomic E-state index is 0.333.